The lowest BCUT2D eigenvalue weighted by atomic mass is 9.94. The number of carboxylic acid groups (broad SMARTS) is 1. The average Bonchev–Trinajstić information content (AvgIpc) is 3.86. The third-order valence-electron chi connectivity index (χ3n) is 11.3. The second-order valence-electron chi connectivity index (χ2n) is 16.6. The predicted molar refractivity (Wildman–Crippen MR) is 245 cm³/mol. The molecular weight excluding hydrogens is 911 g/mol. The van der Waals surface area contributed by atoms with Gasteiger partial charge in [0.25, 0.3) is 0 Å². The summed E-state index contributed by atoms with van der Waals surface area (Å²) >= 11 is 1.82. The number of benzene rings is 1. The summed E-state index contributed by atoms with van der Waals surface area (Å²) in [6.45, 7) is -0.978. The normalized spacial score (nSPS) is 17.6. The smallest absolute Gasteiger partial charge is 0.315 e. The van der Waals surface area contributed by atoms with E-state index in [1.165, 1.54) is 5.48 Å². The number of fused-ring (bicyclic) bond motifs is 1. The van der Waals surface area contributed by atoms with Gasteiger partial charge in [0.15, 0.2) is 0 Å². The van der Waals surface area contributed by atoms with Crippen molar-refractivity contribution in [2.45, 2.75) is 132 Å². The fourth-order valence-electron chi connectivity index (χ4n) is 7.57. The van der Waals surface area contributed by atoms with E-state index >= 15 is 0 Å². The number of primary amides is 2. The third kappa shape index (κ3) is 21.4. The number of nitrogens with one attached hydrogen (secondary N) is 9. The molecule has 3 rings (SSSR count). The van der Waals surface area contributed by atoms with Crippen molar-refractivity contribution in [3.63, 3.8) is 0 Å². The van der Waals surface area contributed by atoms with Gasteiger partial charge in [-0.1, -0.05) is 36.8 Å². The van der Waals surface area contributed by atoms with Crippen molar-refractivity contribution in [1.29, 1.82) is 0 Å². The second-order valence-corrected chi connectivity index (χ2v) is 17.9. The van der Waals surface area contributed by atoms with E-state index in [1.807, 2.05) is 42.1 Å². The Morgan fingerprint density at radius 3 is 2.06 bits per heavy atom. The molecule has 7 atom stereocenters. The molecule has 1 unspecified atom stereocenters. The summed E-state index contributed by atoms with van der Waals surface area (Å²) in [6.07, 6.45) is 2.73. The minimum atomic E-state index is -1.54. The van der Waals surface area contributed by atoms with E-state index in [1.54, 1.807) is 0 Å². The van der Waals surface area contributed by atoms with Crippen LogP contribution in [0, 0.1) is 5.92 Å². The summed E-state index contributed by atoms with van der Waals surface area (Å²) in [7, 11) is 0. The standard InChI is InChI=1S/C43H65N11O13S/c44-32(55)18-16-28(51-42(65)29(17-19-37(60)61)50-40(63)26(21-34(57)54-67)12-8-11-25-9-2-1-3-10-25)41(64)48-22-35(58)47-23-36(59)49-27(39(45)62)13-6-7-20-46-33(56)15-5-4-14-31-38-30(24-68-31)52-43(66)53-38/h1-3,9-10,26-31,38,67H,4-8,11-24H2,(H2,44,55)(H2,45,62)(H,46,56)(H,47,58)(H,48,64)(H,49,59)(H,50,63)(H,51,65)(H,54,57)(H,60,61)(H2,52,53,66)/t26?,27-,28-,29-,30-,31-,38-/m0/s1. The van der Waals surface area contributed by atoms with E-state index in [0.29, 0.717) is 50.3 Å². The van der Waals surface area contributed by atoms with Gasteiger partial charge in [-0.05, 0) is 69.8 Å². The van der Waals surface area contributed by atoms with Gasteiger partial charge in [-0.2, -0.15) is 11.8 Å². The van der Waals surface area contributed by atoms with E-state index < -0.39 is 116 Å². The fourth-order valence-corrected chi connectivity index (χ4v) is 9.12. The van der Waals surface area contributed by atoms with E-state index in [0.717, 1.165) is 24.2 Å². The number of carbonyl (C=O) groups excluding carboxylic acids is 10. The highest BCUT2D eigenvalue weighted by molar-refractivity contribution is 8.00. The maximum atomic E-state index is 13.5. The zero-order valence-corrected chi connectivity index (χ0v) is 38.6. The van der Waals surface area contributed by atoms with E-state index in [4.69, 9.17) is 16.7 Å². The number of hydroxylamine groups is 1. The first-order valence-electron chi connectivity index (χ1n) is 22.6. The lowest BCUT2D eigenvalue weighted by Gasteiger charge is -2.24. The molecule has 2 fully saturated rings. The number of urea groups is 1. The molecule has 1 aromatic rings. The summed E-state index contributed by atoms with van der Waals surface area (Å²) in [5.41, 5.74) is 13.2. The Balaban J connectivity index is 1.43. The first-order valence-corrected chi connectivity index (χ1v) is 23.7. The zero-order valence-electron chi connectivity index (χ0n) is 37.8. The molecule has 376 valence electrons. The number of unbranched alkanes of at least 4 members (excludes halogenated alkanes) is 2. The molecule has 68 heavy (non-hydrogen) atoms. The minimum absolute atomic E-state index is 0.109. The van der Waals surface area contributed by atoms with Crippen molar-refractivity contribution in [3.8, 4) is 0 Å². The Kier molecular flexibility index (Phi) is 24.6. The lowest BCUT2D eigenvalue weighted by molar-refractivity contribution is -0.139. The van der Waals surface area contributed by atoms with Gasteiger partial charge in [0.1, 0.15) is 18.1 Å². The van der Waals surface area contributed by atoms with Crippen LogP contribution < -0.4 is 59.5 Å². The molecule has 2 aliphatic heterocycles. The van der Waals surface area contributed by atoms with Gasteiger partial charge in [-0.25, -0.2) is 10.3 Å². The van der Waals surface area contributed by atoms with Crippen LogP contribution in [0.5, 0.6) is 0 Å². The van der Waals surface area contributed by atoms with Crippen LogP contribution in [0.15, 0.2) is 30.3 Å². The Morgan fingerprint density at radius 2 is 1.37 bits per heavy atom. The Bertz CT molecular complexity index is 1930. The minimum Gasteiger partial charge on any atom is -0.481 e. The monoisotopic (exact) mass is 975 g/mol. The summed E-state index contributed by atoms with van der Waals surface area (Å²) in [6, 6.07) is 5.27. The molecule has 2 aliphatic rings. The number of thioether (sulfide) groups is 1. The quantitative estimate of drug-likeness (QED) is 0.0155. The van der Waals surface area contributed by atoms with Crippen LogP contribution in [0.4, 0.5) is 4.79 Å². The van der Waals surface area contributed by atoms with Gasteiger partial charge in [-0.15, -0.1) is 0 Å². The van der Waals surface area contributed by atoms with Gasteiger partial charge >= 0.3 is 12.0 Å². The highest BCUT2D eigenvalue weighted by Crippen LogP contribution is 2.33. The number of hydrogen-bond donors (Lipinski definition) is 13. The number of hydrogen-bond acceptors (Lipinski definition) is 13. The van der Waals surface area contributed by atoms with E-state index in [2.05, 4.69) is 42.5 Å². The molecule has 11 amide bonds. The Labute approximate surface area is 397 Å². The maximum absolute atomic E-state index is 13.5. The highest BCUT2D eigenvalue weighted by Gasteiger charge is 2.42. The van der Waals surface area contributed by atoms with Gasteiger partial charge in [0.05, 0.1) is 25.2 Å². The first-order chi connectivity index (χ1) is 32.4. The number of amides is 11. The highest BCUT2D eigenvalue weighted by atomic mass is 32.2. The molecule has 0 aliphatic carbocycles. The van der Waals surface area contributed by atoms with Crippen molar-refractivity contribution in [2.75, 3.05) is 25.4 Å². The van der Waals surface area contributed by atoms with Gasteiger partial charge < -0.3 is 59.1 Å². The predicted octanol–water partition coefficient (Wildman–Crippen LogP) is -2.16. The summed E-state index contributed by atoms with van der Waals surface area (Å²) in [4.78, 5) is 136. The van der Waals surface area contributed by atoms with Gasteiger partial charge in [0, 0.05) is 49.1 Å². The van der Waals surface area contributed by atoms with Crippen molar-refractivity contribution in [3.05, 3.63) is 35.9 Å². The maximum Gasteiger partial charge on any atom is 0.315 e. The molecule has 0 spiro atoms. The number of nitrogens with two attached hydrogens (primary N) is 2. The Morgan fingerprint density at radius 1 is 0.676 bits per heavy atom. The molecule has 0 aromatic heterocycles. The molecule has 0 saturated carbocycles. The van der Waals surface area contributed by atoms with Crippen LogP contribution in [-0.4, -0.2) is 136 Å². The SMILES string of the molecule is NC(=O)CC[C@H](NC(=O)[C@H](CCC(=O)O)NC(=O)C(CCCc1ccccc1)CC(=O)NO)C(=O)NCC(=O)NCC(=O)N[C@@H](CCCCNC(=O)CCCC[C@@H]1SC[C@@H]2NC(=O)N[C@@H]21)C(N)=O. The van der Waals surface area contributed by atoms with Crippen molar-refractivity contribution < 1.29 is 63.1 Å². The molecule has 2 saturated heterocycles. The summed E-state index contributed by atoms with van der Waals surface area (Å²) in [5.74, 6) is -8.54. The van der Waals surface area contributed by atoms with Gasteiger partial charge in [0.2, 0.25) is 53.2 Å². The van der Waals surface area contributed by atoms with Gasteiger partial charge in [-0.3, -0.25) is 53.2 Å². The fraction of sp³-hybridized carbons (Fsp3) is 0.605. The summed E-state index contributed by atoms with van der Waals surface area (Å²) in [5, 5.41) is 39.2. The molecule has 1 aromatic carbocycles. The average molecular weight is 976 g/mol. The van der Waals surface area contributed by atoms with Crippen molar-refractivity contribution in [2.24, 2.45) is 17.4 Å². The molecule has 0 bridgehead atoms. The molecule has 0 radical (unpaired) electrons. The van der Waals surface area contributed by atoms with E-state index in [9.17, 15) is 57.8 Å². The van der Waals surface area contributed by atoms with Crippen LogP contribution >= 0.6 is 11.8 Å². The first kappa shape index (κ1) is 55.8. The van der Waals surface area contributed by atoms with Crippen molar-refractivity contribution >= 4 is 76.9 Å². The third-order valence-corrected chi connectivity index (χ3v) is 12.8. The summed E-state index contributed by atoms with van der Waals surface area (Å²) < 4.78 is 0. The molecule has 2 heterocycles. The number of rotatable bonds is 33. The molecule has 15 N–H and O–H groups in total. The number of aliphatic carboxylic acids is 1. The number of carboxylic acids is 1. The molecule has 25 heteroatoms. The largest absolute Gasteiger partial charge is 0.481 e. The zero-order chi connectivity index (χ0) is 50.0. The number of carbonyl (C=O) groups is 11. The van der Waals surface area contributed by atoms with Crippen LogP contribution in [0.2, 0.25) is 0 Å². The van der Waals surface area contributed by atoms with Crippen LogP contribution in [-0.2, 0) is 54.4 Å². The number of aryl methyl sites for hydroxylation is 1. The van der Waals surface area contributed by atoms with Crippen LogP contribution in [0.1, 0.15) is 95.5 Å². The molecular formula is C43H65N11O13S. The van der Waals surface area contributed by atoms with Crippen molar-refractivity contribution in [1.82, 2.24) is 48.0 Å². The van der Waals surface area contributed by atoms with Crippen LogP contribution in [0.3, 0.4) is 0 Å². The molecule has 24 nitrogen and oxygen atoms in total. The lowest BCUT2D eigenvalue weighted by Crippen LogP contribution is -2.55. The Hall–Kier alpha value is -6.50. The van der Waals surface area contributed by atoms with Crippen LogP contribution in [0.25, 0.3) is 0 Å². The topological polar surface area (TPSA) is 389 Å². The van der Waals surface area contributed by atoms with E-state index in [-0.39, 0.29) is 43.3 Å². The second kappa shape index (κ2) is 30.0.